The van der Waals surface area contributed by atoms with E-state index in [2.05, 4.69) is 30.8 Å². The van der Waals surface area contributed by atoms with Gasteiger partial charge in [0.1, 0.15) is 17.5 Å². The van der Waals surface area contributed by atoms with E-state index in [1.54, 1.807) is 29.3 Å². The maximum absolute atomic E-state index is 13.7. The van der Waals surface area contributed by atoms with E-state index in [4.69, 9.17) is 4.74 Å². The van der Waals surface area contributed by atoms with Gasteiger partial charge in [-0.15, -0.1) is 0 Å². The number of benzene rings is 1. The van der Waals surface area contributed by atoms with Crippen LogP contribution in [0.4, 0.5) is 4.39 Å². The third-order valence-electron chi connectivity index (χ3n) is 5.78. The predicted octanol–water partition coefficient (Wildman–Crippen LogP) is 3.45. The molecule has 0 bridgehead atoms. The molecule has 168 valence electrons. The minimum atomic E-state index is -0.352. The summed E-state index contributed by atoms with van der Waals surface area (Å²) in [6, 6.07) is 7.56. The molecular weight excluding hydrogens is 397 g/mol. The van der Waals surface area contributed by atoms with E-state index in [0.29, 0.717) is 29.8 Å². The molecule has 0 saturated heterocycles. The van der Waals surface area contributed by atoms with Crippen LogP contribution in [0.25, 0.3) is 11.1 Å². The van der Waals surface area contributed by atoms with Crippen molar-refractivity contribution in [3.05, 3.63) is 47.9 Å². The van der Waals surface area contributed by atoms with Crippen LogP contribution >= 0.6 is 0 Å². The standard InChI is InChI=1S/C24H32FN3O3/c1-5-9-27(4)14-22-16(2)13-28(17(3)15-29)24(30)21-11-19(12-26-23(21)31-22)18-7-6-8-20(25)10-18/h6-8,10-12,16-17,22,29H,5,9,13-15H2,1-4H3/t16-,17+,22-/m0/s1. The lowest BCUT2D eigenvalue weighted by molar-refractivity contribution is 0.0331. The fourth-order valence-electron chi connectivity index (χ4n) is 3.93. The van der Waals surface area contributed by atoms with Gasteiger partial charge in [0.25, 0.3) is 5.91 Å². The second kappa shape index (κ2) is 10.2. The number of fused-ring (bicyclic) bond motifs is 1. The van der Waals surface area contributed by atoms with Crippen molar-refractivity contribution in [3.8, 4) is 17.0 Å². The second-order valence-corrected chi connectivity index (χ2v) is 8.47. The van der Waals surface area contributed by atoms with Crippen LogP contribution in [0.5, 0.6) is 5.88 Å². The number of aliphatic hydroxyl groups is 1. The number of hydrogen-bond donors (Lipinski definition) is 1. The number of ether oxygens (including phenoxy) is 1. The van der Waals surface area contributed by atoms with Crippen molar-refractivity contribution in [2.24, 2.45) is 5.92 Å². The summed E-state index contributed by atoms with van der Waals surface area (Å²) < 4.78 is 20.0. The first-order chi connectivity index (χ1) is 14.8. The van der Waals surface area contributed by atoms with Gasteiger partial charge in [0.05, 0.1) is 12.6 Å². The van der Waals surface area contributed by atoms with Crippen molar-refractivity contribution in [2.75, 3.05) is 33.3 Å². The van der Waals surface area contributed by atoms with E-state index in [9.17, 15) is 14.3 Å². The zero-order valence-corrected chi connectivity index (χ0v) is 18.7. The van der Waals surface area contributed by atoms with Gasteiger partial charge in [-0.3, -0.25) is 4.79 Å². The number of halogens is 1. The highest BCUT2D eigenvalue weighted by atomic mass is 19.1. The molecule has 6 nitrogen and oxygen atoms in total. The molecule has 0 fully saturated rings. The van der Waals surface area contributed by atoms with Crippen LogP contribution in [-0.2, 0) is 0 Å². The first-order valence-corrected chi connectivity index (χ1v) is 10.9. The number of nitrogens with zero attached hydrogens (tertiary/aromatic N) is 3. The summed E-state index contributed by atoms with van der Waals surface area (Å²) in [5.41, 5.74) is 1.61. The van der Waals surface area contributed by atoms with Crippen LogP contribution in [0.3, 0.4) is 0 Å². The number of rotatable bonds is 7. The predicted molar refractivity (Wildman–Crippen MR) is 119 cm³/mol. The number of aliphatic hydroxyl groups excluding tert-OH is 1. The SMILES string of the molecule is CCCN(C)C[C@@H]1Oc2ncc(-c3cccc(F)c3)cc2C(=O)N([C@H](C)CO)C[C@@H]1C. The molecular formula is C24H32FN3O3. The van der Waals surface area contributed by atoms with E-state index in [1.807, 2.05) is 6.92 Å². The summed E-state index contributed by atoms with van der Waals surface area (Å²) >= 11 is 0. The number of carbonyl (C=O) groups excluding carboxylic acids is 1. The molecule has 1 aromatic carbocycles. The summed E-state index contributed by atoms with van der Waals surface area (Å²) in [5.74, 6) is -0.262. The van der Waals surface area contributed by atoms with Crippen molar-refractivity contribution in [1.82, 2.24) is 14.8 Å². The largest absolute Gasteiger partial charge is 0.472 e. The van der Waals surface area contributed by atoms with Gasteiger partial charge in [-0.25, -0.2) is 9.37 Å². The molecule has 31 heavy (non-hydrogen) atoms. The Hall–Kier alpha value is -2.51. The van der Waals surface area contributed by atoms with Gasteiger partial charge in [-0.2, -0.15) is 0 Å². The Morgan fingerprint density at radius 2 is 2.13 bits per heavy atom. The monoisotopic (exact) mass is 429 g/mol. The van der Waals surface area contributed by atoms with Gasteiger partial charge in [0, 0.05) is 30.8 Å². The van der Waals surface area contributed by atoms with Gasteiger partial charge in [-0.1, -0.05) is 26.0 Å². The van der Waals surface area contributed by atoms with Gasteiger partial charge >= 0.3 is 0 Å². The van der Waals surface area contributed by atoms with Crippen molar-refractivity contribution < 1.29 is 19.0 Å². The molecule has 2 aromatic rings. The Labute approximate surface area is 183 Å². The highest BCUT2D eigenvalue weighted by molar-refractivity contribution is 5.98. The average Bonchev–Trinajstić information content (AvgIpc) is 2.75. The topological polar surface area (TPSA) is 65.9 Å². The van der Waals surface area contributed by atoms with Gasteiger partial charge in [-0.05, 0) is 50.7 Å². The number of amides is 1. The van der Waals surface area contributed by atoms with E-state index in [-0.39, 0.29) is 42.3 Å². The Bertz CT molecular complexity index is 907. The summed E-state index contributed by atoms with van der Waals surface area (Å²) in [5, 5.41) is 9.75. The van der Waals surface area contributed by atoms with E-state index in [0.717, 1.165) is 13.0 Å². The third-order valence-corrected chi connectivity index (χ3v) is 5.78. The normalized spacial score (nSPS) is 20.1. The fraction of sp³-hybridized carbons (Fsp3) is 0.500. The Kier molecular flexibility index (Phi) is 7.62. The van der Waals surface area contributed by atoms with Crippen LogP contribution < -0.4 is 4.74 Å². The van der Waals surface area contributed by atoms with E-state index in [1.165, 1.54) is 12.1 Å². The van der Waals surface area contributed by atoms with Crippen molar-refractivity contribution in [1.29, 1.82) is 0 Å². The number of carbonyl (C=O) groups is 1. The molecule has 1 N–H and O–H groups in total. The molecule has 1 aliphatic heterocycles. The molecule has 3 rings (SSSR count). The van der Waals surface area contributed by atoms with Crippen molar-refractivity contribution in [2.45, 2.75) is 39.3 Å². The first-order valence-electron chi connectivity index (χ1n) is 10.9. The first kappa shape index (κ1) is 23.2. The molecule has 7 heteroatoms. The fourth-order valence-corrected chi connectivity index (χ4v) is 3.93. The quantitative estimate of drug-likeness (QED) is 0.730. The van der Waals surface area contributed by atoms with Gasteiger partial charge in [0.2, 0.25) is 5.88 Å². The maximum atomic E-state index is 13.7. The Morgan fingerprint density at radius 3 is 2.81 bits per heavy atom. The maximum Gasteiger partial charge on any atom is 0.259 e. The van der Waals surface area contributed by atoms with Gasteiger partial charge < -0.3 is 19.6 Å². The molecule has 1 amide bonds. The van der Waals surface area contributed by atoms with E-state index >= 15 is 0 Å². The number of aromatic nitrogens is 1. The lowest BCUT2D eigenvalue weighted by Gasteiger charge is -2.37. The lowest BCUT2D eigenvalue weighted by atomic mass is 9.99. The summed E-state index contributed by atoms with van der Waals surface area (Å²) in [6.45, 7) is 8.00. The molecule has 2 heterocycles. The molecule has 0 aliphatic carbocycles. The average molecular weight is 430 g/mol. The summed E-state index contributed by atoms with van der Waals surface area (Å²) in [6.07, 6.45) is 2.49. The van der Waals surface area contributed by atoms with Crippen LogP contribution in [0, 0.1) is 11.7 Å². The highest BCUT2D eigenvalue weighted by Gasteiger charge is 2.34. The number of hydrogen-bond acceptors (Lipinski definition) is 5. The minimum Gasteiger partial charge on any atom is -0.472 e. The minimum absolute atomic E-state index is 0.0510. The number of likely N-dealkylation sites (N-methyl/N-ethyl adjacent to an activating group) is 1. The van der Waals surface area contributed by atoms with Crippen LogP contribution in [0.1, 0.15) is 37.6 Å². The van der Waals surface area contributed by atoms with Crippen molar-refractivity contribution in [3.63, 3.8) is 0 Å². The van der Waals surface area contributed by atoms with Crippen LogP contribution in [0.15, 0.2) is 36.5 Å². The Morgan fingerprint density at radius 1 is 1.35 bits per heavy atom. The lowest BCUT2D eigenvalue weighted by Crippen LogP contribution is -2.50. The van der Waals surface area contributed by atoms with Crippen LogP contribution in [0.2, 0.25) is 0 Å². The molecule has 0 saturated carbocycles. The van der Waals surface area contributed by atoms with E-state index < -0.39 is 0 Å². The van der Waals surface area contributed by atoms with Gasteiger partial charge in [0.15, 0.2) is 0 Å². The Balaban J connectivity index is 2.03. The second-order valence-electron chi connectivity index (χ2n) is 8.47. The smallest absolute Gasteiger partial charge is 0.259 e. The zero-order chi connectivity index (χ0) is 22.5. The molecule has 0 spiro atoms. The highest BCUT2D eigenvalue weighted by Crippen LogP contribution is 2.30. The molecule has 1 aromatic heterocycles. The zero-order valence-electron chi connectivity index (χ0n) is 18.7. The summed E-state index contributed by atoms with van der Waals surface area (Å²) in [4.78, 5) is 21.8. The van der Waals surface area contributed by atoms with Crippen molar-refractivity contribution >= 4 is 5.91 Å². The van der Waals surface area contributed by atoms with Crippen LogP contribution in [-0.4, -0.2) is 71.2 Å². The molecule has 1 aliphatic rings. The molecule has 0 radical (unpaired) electrons. The third kappa shape index (κ3) is 5.40. The number of pyridine rings is 1. The summed E-state index contributed by atoms with van der Waals surface area (Å²) in [7, 11) is 2.05. The molecule has 0 unspecified atom stereocenters. The molecule has 3 atom stereocenters.